The maximum absolute atomic E-state index is 12.4. The minimum Gasteiger partial charge on any atom is -0.438 e. The van der Waals surface area contributed by atoms with E-state index in [1.807, 2.05) is 100 Å². The summed E-state index contributed by atoms with van der Waals surface area (Å²) in [5.41, 5.74) is 5.80. The molecule has 0 atom stereocenters. The highest BCUT2D eigenvalue weighted by molar-refractivity contribution is 9.13. The minimum absolute atomic E-state index is 0. The molecule has 0 saturated carbocycles. The summed E-state index contributed by atoms with van der Waals surface area (Å²) >= 11 is 6.67. The van der Waals surface area contributed by atoms with Gasteiger partial charge in [0, 0.05) is 80.6 Å². The highest BCUT2D eigenvalue weighted by atomic mass is 79.9. The Morgan fingerprint density at radius 3 is 2.00 bits per heavy atom. The second-order valence-electron chi connectivity index (χ2n) is 18.0. The number of piperidine rings is 1. The number of imidazole rings is 2. The van der Waals surface area contributed by atoms with Crippen LogP contribution >= 0.6 is 31.9 Å². The van der Waals surface area contributed by atoms with Crippen molar-refractivity contribution in [2.45, 2.75) is 126 Å². The molecule has 3 aliphatic heterocycles. The van der Waals surface area contributed by atoms with Crippen molar-refractivity contribution in [1.82, 2.24) is 38.9 Å². The van der Waals surface area contributed by atoms with Crippen molar-refractivity contribution >= 4 is 77.7 Å². The van der Waals surface area contributed by atoms with E-state index < -0.39 is 5.60 Å². The van der Waals surface area contributed by atoms with Gasteiger partial charge in [-0.25, -0.2) is 29.1 Å². The van der Waals surface area contributed by atoms with Crippen LogP contribution in [0.25, 0.3) is 22.2 Å². The van der Waals surface area contributed by atoms with E-state index in [0.29, 0.717) is 22.1 Å². The van der Waals surface area contributed by atoms with Gasteiger partial charge in [-0.05, 0) is 143 Å². The van der Waals surface area contributed by atoms with Gasteiger partial charge in [0.15, 0.2) is 5.65 Å². The highest BCUT2D eigenvalue weighted by Gasteiger charge is 2.45. The molecular weight excluding hydrogens is 968 g/mol. The lowest BCUT2D eigenvalue weighted by molar-refractivity contribution is -0.0434. The van der Waals surface area contributed by atoms with Crippen LogP contribution in [0, 0.1) is 0 Å². The predicted octanol–water partition coefficient (Wildman–Crippen LogP) is 11.3. The second kappa shape index (κ2) is 22.0. The average molecular weight is 1040 g/mol. The number of rotatable bonds is 3. The van der Waals surface area contributed by atoms with Crippen molar-refractivity contribution in [3.05, 3.63) is 114 Å². The second-order valence-corrected chi connectivity index (χ2v) is 19.6. The summed E-state index contributed by atoms with van der Waals surface area (Å²) in [4.78, 5) is 67.4. The van der Waals surface area contributed by atoms with E-state index in [-0.39, 0.29) is 56.0 Å². The van der Waals surface area contributed by atoms with E-state index in [1.165, 1.54) is 5.56 Å². The quantitative estimate of drug-likeness (QED) is 0.147. The number of amides is 3. The Labute approximate surface area is 405 Å². The number of hydrogen-bond acceptors (Lipinski definition) is 8. The van der Waals surface area contributed by atoms with Gasteiger partial charge in [-0.15, -0.1) is 0 Å². The zero-order valence-corrected chi connectivity index (χ0v) is 41.5. The molecule has 358 valence electrons. The third-order valence-electron chi connectivity index (χ3n) is 11.7. The number of anilines is 2. The largest absolute Gasteiger partial charge is 0.438 e. The predicted molar refractivity (Wildman–Crippen MR) is 275 cm³/mol. The Bertz CT molecular complexity index is 2720. The number of urea groups is 1. The number of pyridine rings is 2. The molecule has 9 rings (SSSR count). The Kier molecular flexibility index (Phi) is 17.8. The van der Waals surface area contributed by atoms with Crippen molar-refractivity contribution < 1.29 is 14.3 Å². The first-order chi connectivity index (χ1) is 30.2. The molecule has 66 heavy (non-hydrogen) atoms. The number of benzene rings is 2. The fourth-order valence-corrected chi connectivity index (χ4v) is 8.98. The van der Waals surface area contributed by atoms with E-state index in [9.17, 15) is 19.2 Å². The third kappa shape index (κ3) is 11.6. The molecule has 2 aromatic carbocycles. The molecule has 6 aromatic rings. The molecule has 15 nitrogen and oxygen atoms in total. The number of ether oxygens (including phenoxy) is 1. The van der Waals surface area contributed by atoms with Gasteiger partial charge < -0.3 is 19.5 Å². The number of hydrogen-bond donors (Lipinski definition) is 3. The lowest BCUT2D eigenvalue weighted by Gasteiger charge is -2.44. The zero-order valence-electron chi connectivity index (χ0n) is 38.3. The van der Waals surface area contributed by atoms with E-state index in [1.54, 1.807) is 20.2 Å². The maximum atomic E-state index is 12.4. The number of H-pyrrole nitrogens is 2. The number of carbonyl (C=O) groups excluding carboxylic acids is 2. The number of nitrogens with one attached hydrogen (secondary N) is 3. The molecule has 17 heteroatoms. The van der Waals surface area contributed by atoms with Crippen molar-refractivity contribution in [3.63, 3.8) is 0 Å². The number of likely N-dealkylation sites (tertiary alicyclic amines) is 1. The fraction of sp³-hybridized carbons (Fsp3) is 0.469. The minimum atomic E-state index is -0.489. The van der Waals surface area contributed by atoms with Gasteiger partial charge in [-0.3, -0.25) is 24.3 Å². The molecule has 0 unspecified atom stereocenters. The van der Waals surface area contributed by atoms with Gasteiger partial charge in [0.05, 0.1) is 21.0 Å². The number of nitrogens with zero attached hydrogens (tertiary/aromatic N) is 7. The van der Waals surface area contributed by atoms with Gasteiger partial charge in [0.25, 0.3) is 0 Å². The average Bonchev–Trinajstić information content (AvgIpc) is 3.71. The summed E-state index contributed by atoms with van der Waals surface area (Å²) in [6.07, 6.45) is 3.89. The van der Waals surface area contributed by atoms with E-state index in [4.69, 9.17) is 4.74 Å². The molecule has 3 amide bonds. The Morgan fingerprint density at radius 1 is 0.758 bits per heavy atom. The monoisotopic (exact) mass is 1030 g/mol. The van der Waals surface area contributed by atoms with Crippen LogP contribution in [-0.2, 0) is 16.8 Å². The number of carbonyl (C=O) groups is 2. The summed E-state index contributed by atoms with van der Waals surface area (Å²) in [7, 11) is 1.85. The van der Waals surface area contributed by atoms with E-state index in [0.717, 1.165) is 71.2 Å². The van der Waals surface area contributed by atoms with Gasteiger partial charge in [-0.1, -0.05) is 45.2 Å². The highest BCUT2D eigenvalue weighted by Crippen LogP contribution is 2.42. The molecule has 1 fully saturated rings. The van der Waals surface area contributed by atoms with Crippen molar-refractivity contribution in [2.24, 2.45) is 0 Å². The first-order valence-electron chi connectivity index (χ1n) is 21.7. The summed E-state index contributed by atoms with van der Waals surface area (Å²) in [5.74, 6) is 0.650. The van der Waals surface area contributed by atoms with Gasteiger partial charge in [-0.2, -0.15) is 0 Å². The molecule has 0 bridgehead atoms. The van der Waals surface area contributed by atoms with E-state index >= 15 is 0 Å². The van der Waals surface area contributed by atoms with Crippen LogP contribution < -0.4 is 21.6 Å². The van der Waals surface area contributed by atoms with Crippen LogP contribution in [0.15, 0.2) is 91.6 Å². The number of aromatic nitrogens is 6. The lowest BCUT2D eigenvalue weighted by atomic mass is 9.83. The molecule has 3 N–H and O–H groups in total. The molecule has 0 radical (unpaired) electrons. The van der Waals surface area contributed by atoms with Gasteiger partial charge >= 0.3 is 23.5 Å². The van der Waals surface area contributed by atoms with Crippen molar-refractivity contribution in [3.8, 4) is 0 Å². The Hall–Kier alpha value is -5.26. The topological polar surface area (TPSA) is 166 Å². The van der Waals surface area contributed by atoms with E-state index in [2.05, 4.69) is 103 Å². The molecule has 0 aliphatic carbocycles. The summed E-state index contributed by atoms with van der Waals surface area (Å²) < 4.78 is 10.6. The molecule has 3 aliphatic rings. The molecule has 1 spiro atoms. The fourth-order valence-electron chi connectivity index (χ4n) is 8.39. The van der Waals surface area contributed by atoms with Crippen molar-refractivity contribution in [2.75, 3.05) is 36.9 Å². The summed E-state index contributed by atoms with van der Waals surface area (Å²) in [6, 6.07) is 22.6. The Balaban J connectivity index is 0.000000192. The summed E-state index contributed by atoms with van der Waals surface area (Å²) in [5, 5.41) is 2.68. The van der Waals surface area contributed by atoms with Gasteiger partial charge in [0.1, 0.15) is 16.0 Å². The van der Waals surface area contributed by atoms with Crippen molar-refractivity contribution in [1.29, 1.82) is 0 Å². The van der Waals surface area contributed by atoms with Crippen LogP contribution in [-0.4, -0.2) is 89.3 Å². The van der Waals surface area contributed by atoms with Crippen LogP contribution in [0.1, 0.15) is 113 Å². The van der Waals surface area contributed by atoms with Crippen LogP contribution in [0.4, 0.5) is 21.1 Å². The first-order valence-corrected chi connectivity index (χ1v) is 23.3. The van der Waals surface area contributed by atoms with Crippen LogP contribution in [0.5, 0.6) is 0 Å². The Morgan fingerprint density at radius 2 is 1.36 bits per heavy atom. The van der Waals surface area contributed by atoms with Gasteiger partial charge in [0.2, 0.25) is 0 Å². The number of aromatic amines is 2. The summed E-state index contributed by atoms with van der Waals surface area (Å²) in [6.45, 7) is 21.2. The lowest BCUT2D eigenvalue weighted by Crippen LogP contribution is -2.50. The number of fused-ring (bicyclic) bond motifs is 5. The SMILES string of the molecule is C.C.CC(C)N1CCC2(CC1)OC(=O)Nc1ncccc12.CC(C)n1c(=O)[nH]c2ccccc21.CC(C)n1c(=O)[nH]c2nc(Br)c(Br)cc21.CN1C(=O)N(C(C)(C)C)CCc2ccccc21. The maximum Gasteiger partial charge on any atom is 0.413 e. The van der Waals surface area contributed by atoms with Crippen LogP contribution in [0.2, 0.25) is 0 Å². The zero-order chi connectivity index (χ0) is 46.7. The smallest absolute Gasteiger partial charge is 0.413 e. The first kappa shape index (κ1) is 53.4. The third-order valence-corrected chi connectivity index (χ3v) is 13.4. The standard InChI is InChI=1S/C14H19N3O2.C14H20N2O.C10H12N2O.C9H9Br2N3O.2CH4/c1-10(2)17-8-5-14(6-9-17)11-4-3-7-15-12(11)16-13(18)19-14;1-14(2,3)16-10-9-11-7-5-6-8-12(11)15(4)13(16)17;1-7(2)12-9-6-4-3-5-8(9)11-10(12)13;1-4(2)14-6-3-5(10)7(11)12-8(6)13-9(14)15;;/h3-4,7,10H,5-6,8-9H2,1-2H3,(H,15,16,18);5-8H,9-10H2,1-4H3;3-7H,1-2H3,(H,11,13);3-4H,1-2H3,(H,12,13,15);2*1H4. The number of para-hydroxylation sites is 3. The number of halogens is 2. The normalized spacial score (nSPS) is 15.5. The molecular formula is C49H68Br2N10O5. The van der Waals surface area contributed by atoms with Crippen LogP contribution in [0.3, 0.4) is 0 Å². The molecule has 4 aromatic heterocycles. The molecule has 7 heterocycles. The molecule has 1 saturated heterocycles.